The summed E-state index contributed by atoms with van der Waals surface area (Å²) in [6.07, 6.45) is 12.4. The molecule has 2 atom stereocenters. The quantitative estimate of drug-likeness (QED) is 0.582. The Morgan fingerprint density at radius 3 is 2.44 bits per heavy atom. The molecule has 5 heteroatoms. The molecule has 0 radical (unpaired) electrons. The van der Waals surface area contributed by atoms with Crippen LogP contribution < -0.4 is 10.6 Å². The molecule has 3 N–H and O–H groups in total. The number of amides is 1. The van der Waals surface area contributed by atoms with Crippen LogP contribution in [0.15, 0.2) is 30.3 Å². The van der Waals surface area contributed by atoms with E-state index in [1.165, 1.54) is 38.5 Å². The Morgan fingerprint density at radius 2 is 1.72 bits per heavy atom. The van der Waals surface area contributed by atoms with Gasteiger partial charge in [0.15, 0.2) is 0 Å². The maximum absolute atomic E-state index is 13.1. The van der Waals surface area contributed by atoms with Crippen LogP contribution in [0.3, 0.4) is 0 Å². The van der Waals surface area contributed by atoms with Crippen LogP contribution in [0.2, 0.25) is 0 Å². The van der Waals surface area contributed by atoms with Gasteiger partial charge in [-0.25, -0.2) is 4.98 Å². The van der Waals surface area contributed by atoms with E-state index in [9.17, 15) is 9.90 Å². The summed E-state index contributed by atoms with van der Waals surface area (Å²) in [7, 11) is 0. The fourth-order valence-electron chi connectivity index (χ4n) is 7.86. The number of fused-ring (bicyclic) bond motifs is 1. The molecule has 5 nitrogen and oxygen atoms in total. The summed E-state index contributed by atoms with van der Waals surface area (Å²) < 4.78 is 0. The zero-order valence-electron chi connectivity index (χ0n) is 18.9. The van der Waals surface area contributed by atoms with Gasteiger partial charge in [0.25, 0.3) is 0 Å². The van der Waals surface area contributed by atoms with Gasteiger partial charge in [-0.3, -0.25) is 4.79 Å². The molecule has 5 aliphatic rings. The lowest BCUT2D eigenvalue weighted by Gasteiger charge is -2.56. The lowest BCUT2D eigenvalue weighted by atomic mass is 9.49. The highest BCUT2D eigenvalue weighted by atomic mass is 16.3. The molecular weight excluding hydrogens is 398 g/mol. The second kappa shape index (κ2) is 8.02. The molecule has 1 aromatic carbocycles. The van der Waals surface area contributed by atoms with E-state index in [1.54, 1.807) is 0 Å². The minimum atomic E-state index is -0.309. The Balaban J connectivity index is 1.16. The molecule has 7 rings (SSSR count). The summed E-state index contributed by atoms with van der Waals surface area (Å²) in [4.78, 5) is 17.9. The lowest BCUT2D eigenvalue weighted by molar-refractivity contribution is -0.124. The maximum atomic E-state index is 13.1. The number of anilines is 2. The van der Waals surface area contributed by atoms with Crippen molar-refractivity contribution in [3.05, 3.63) is 30.3 Å². The van der Waals surface area contributed by atoms with E-state index < -0.39 is 0 Å². The fourth-order valence-corrected chi connectivity index (χ4v) is 7.86. The fraction of sp³-hybridized carbons (Fsp3) is 0.630. The van der Waals surface area contributed by atoms with Gasteiger partial charge in [-0.1, -0.05) is 18.9 Å². The molecule has 1 aromatic heterocycles. The van der Waals surface area contributed by atoms with Gasteiger partial charge in [0.1, 0.15) is 5.82 Å². The van der Waals surface area contributed by atoms with Gasteiger partial charge in [0.05, 0.1) is 23.3 Å². The normalized spacial score (nSPS) is 35.7. The summed E-state index contributed by atoms with van der Waals surface area (Å²) in [6, 6.07) is 10.0. The predicted octanol–water partition coefficient (Wildman–Crippen LogP) is 5.50. The molecule has 5 saturated carbocycles. The number of rotatable bonds is 5. The Labute approximate surface area is 190 Å². The lowest BCUT2D eigenvalue weighted by Crippen LogP contribution is -2.47. The first kappa shape index (κ1) is 20.5. The number of carbonyl (C=O) groups is 1. The topological polar surface area (TPSA) is 74.2 Å². The predicted molar refractivity (Wildman–Crippen MR) is 127 cm³/mol. The monoisotopic (exact) mass is 433 g/mol. The van der Waals surface area contributed by atoms with Crippen molar-refractivity contribution in [1.29, 1.82) is 0 Å². The minimum absolute atomic E-state index is 0.0665. The van der Waals surface area contributed by atoms with Crippen molar-refractivity contribution < 1.29 is 9.90 Å². The van der Waals surface area contributed by atoms with Gasteiger partial charge in [0, 0.05) is 11.8 Å². The van der Waals surface area contributed by atoms with E-state index in [-0.39, 0.29) is 23.5 Å². The van der Waals surface area contributed by atoms with Crippen molar-refractivity contribution in [2.75, 3.05) is 10.6 Å². The van der Waals surface area contributed by atoms with Gasteiger partial charge in [0.2, 0.25) is 5.91 Å². The molecule has 32 heavy (non-hydrogen) atoms. The van der Waals surface area contributed by atoms with E-state index in [2.05, 4.69) is 10.6 Å². The number of hydrogen-bond donors (Lipinski definition) is 3. The molecule has 170 valence electrons. The van der Waals surface area contributed by atoms with Crippen LogP contribution in [0.25, 0.3) is 10.9 Å². The number of aliphatic hydroxyl groups excluding tert-OH is 1. The molecule has 0 saturated heterocycles. The summed E-state index contributed by atoms with van der Waals surface area (Å²) in [5.74, 6) is 3.55. The third kappa shape index (κ3) is 3.89. The second-order valence-electron chi connectivity index (χ2n) is 11.3. The van der Waals surface area contributed by atoms with Gasteiger partial charge >= 0.3 is 0 Å². The molecule has 1 amide bonds. The number of pyridine rings is 1. The van der Waals surface area contributed by atoms with Crippen LogP contribution >= 0.6 is 0 Å². The highest BCUT2D eigenvalue weighted by Gasteiger charge is 2.51. The van der Waals surface area contributed by atoms with Crippen LogP contribution in [-0.2, 0) is 4.79 Å². The van der Waals surface area contributed by atoms with Crippen LogP contribution in [-0.4, -0.2) is 28.1 Å². The Kier molecular flexibility index (Phi) is 5.13. The Bertz CT molecular complexity index is 984. The van der Waals surface area contributed by atoms with Gasteiger partial charge < -0.3 is 15.7 Å². The largest absolute Gasteiger partial charge is 0.391 e. The summed E-state index contributed by atoms with van der Waals surface area (Å²) in [5.41, 5.74) is 1.97. The average molecular weight is 434 g/mol. The first-order valence-electron chi connectivity index (χ1n) is 12.7. The number of benzene rings is 1. The van der Waals surface area contributed by atoms with Crippen molar-refractivity contribution in [2.45, 2.75) is 82.8 Å². The van der Waals surface area contributed by atoms with E-state index in [0.717, 1.165) is 65.8 Å². The van der Waals surface area contributed by atoms with E-state index in [0.29, 0.717) is 6.42 Å². The summed E-state index contributed by atoms with van der Waals surface area (Å²) in [6.45, 7) is 0. The molecule has 5 fully saturated rings. The molecule has 2 aromatic rings. The third-order valence-corrected chi connectivity index (χ3v) is 8.77. The zero-order valence-corrected chi connectivity index (χ0v) is 18.9. The SMILES string of the molecule is O=C(CC12CC3CC(CC(C3)C1)C2)Nc1cccc2nc(NC3CCCCC3O)ccc12. The van der Waals surface area contributed by atoms with Crippen molar-refractivity contribution >= 4 is 28.3 Å². The number of aromatic nitrogens is 1. The molecule has 1 heterocycles. The Hall–Kier alpha value is -2.14. The van der Waals surface area contributed by atoms with Crippen molar-refractivity contribution in [2.24, 2.45) is 23.2 Å². The number of nitrogens with one attached hydrogen (secondary N) is 2. The van der Waals surface area contributed by atoms with E-state index in [4.69, 9.17) is 4.98 Å². The summed E-state index contributed by atoms with van der Waals surface area (Å²) >= 11 is 0. The maximum Gasteiger partial charge on any atom is 0.224 e. The standard InChI is InChI=1S/C27H35N3O2/c31-24-7-2-1-4-23(24)29-25-9-8-20-21(28-25)5-3-6-22(20)30-26(32)16-27-13-17-10-18(14-27)12-19(11-17)15-27/h3,5-6,8-9,17-19,23-24,31H,1-2,4,7,10-16H2,(H,28,29)(H,30,32). The highest BCUT2D eigenvalue weighted by Crippen LogP contribution is 2.61. The van der Waals surface area contributed by atoms with Crippen molar-refractivity contribution in [3.8, 4) is 0 Å². The molecule has 2 unspecified atom stereocenters. The highest BCUT2D eigenvalue weighted by molar-refractivity contribution is 6.01. The average Bonchev–Trinajstić information content (AvgIpc) is 2.74. The first-order valence-corrected chi connectivity index (χ1v) is 12.7. The van der Waals surface area contributed by atoms with Gasteiger partial charge in [-0.05, 0) is 98.8 Å². The van der Waals surface area contributed by atoms with Crippen molar-refractivity contribution in [1.82, 2.24) is 4.98 Å². The van der Waals surface area contributed by atoms with Gasteiger partial charge in [-0.2, -0.15) is 0 Å². The molecule has 5 aliphatic carbocycles. The number of hydrogen-bond acceptors (Lipinski definition) is 4. The van der Waals surface area contributed by atoms with Crippen LogP contribution in [0.1, 0.15) is 70.6 Å². The van der Waals surface area contributed by atoms with Crippen molar-refractivity contribution in [3.63, 3.8) is 0 Å². The second-order valence-corrected chi connectivity index (χ2v) is 11.3. The van der Waals surface area contributed by atoms with Crippen LogP contribution in [0.5, 0.6) is 0 Å². The van der Waals surface area contributed by atoms with E-state index in [1.807, 2.05) is 30.3 Å². The van der Waals surface area contributed by atoms with Gasteiger partial charge in [-0.15, -0.1) is 0 Å². The third-order valence-electron chi connectivity index (χ3n) is 8.77. The molecule has 4 bridgehead atoms. The van der Waals surface area contributed by atoms with Crippen LogP contribution in [0, 0.1) is 23.2 Å². The zero-order chi connectivity index (χ0) is 21.7. The first-order chi connectivity index (χ1) is 15.6. The van der Waals surface area contributed by atoms with Crippen LogP contribution in [0.4, 0.5) is 11.5 Å². The minimum Gasteiger partial charge on any atom is -0.391 e. The Morgan fingerprint density at radius 1 is 1.00 bits per heavy atom. The smallest absolute Gasteiger partial charge is 0.224 e. The molecule has 0 spiro atoms. The number of nitrogens with zero attached hydrogens (tertiary/aromatic N) is 1. The molecular formula is C27H35N3O2. The van der Waals surface area contributed by atoms with E-state index >= 15 is 0 Å². The number of carbonyl (C=O) groups excluding carboxylic acids is 1. The molecule has 0 aliphatic heterocycles. The number of aliphatic hydroxyl groups is 1. The summed E-state index contributed by atoms with van der Waals surface area (Å²) in [5, 5.41) is 17.9.